The molecule has 2 rings (SSSR count). The predicted molar refractivity (Wildman–Crippen MR) is 111 cm³/mol. The average Bonchev–Trinajstić information content (AvgIpc) is 2.66. The van der Waals surface area contributed by atoms with E-state index in [1.54, 1.807) is 48.5 Å². The first kappa shape index (κ1) is 21.8. The molecule has 0 aliphatic rings. The van der Waals surface area contributed by atoms with Crippen LogP contribution < -0.4 is 14.4 Å². The molecule has 0 saturated carbocycles. The van der Waals surface area contributed by atoms with Crippen LogP contribution in [0.5, 0.6) is 5.75 Å². The zero-order chi connectivity index (χ0) is 20.9. The van der Waals surface area contributed by atoms with Gasteiger partial charge in [-0.2, -0.15) is 0 Å². The van der Waals surface area contributed by atoms with E-state index >= 15 is 0 Å². The van der Waals surface area contributed by atoms with Crippen LogP contribution in [0.2, 0.25) is 0 Å². The smallest absolute Gasteiger partial charge is 0.264 e. The number of hydrogen-bond acceptors (Lipinski definition) is 4. The number of nitrogens with one attached hydrogen (secondary N) is 1. The summed E-state index contributed by atoms with van der Waals surface area (Å²) in [6.45, 7) is 7.45. The molecule has 28 heavy (non-hydrogen) atoms. The molecule has 0 aliphatic carbocycles. The molecule has 2 aromatic rings. The van der Waals surface area contributed by atoms with Gasteiger partial charge in [-0.15, -0.1) is 0 Å². The highest BCUT2D eigenvalue weighted by Gasteiger charge is 2.28. The zero-order valence-electron chi connectivity index (χ0n) is 17.0. The van der Waals surface area contributed by atoms with Gasteiger partial charge in [-0.05, 0) is 44.0 Å². The maximum Gasteiger partial charge on any atom is 0.264 e. The number of amides is 1. The van der Waals surface area contributed by atoms with Gasteiger partial charge >= 0.3 is 0 Å². The van der Waals surface area contributed by atoms with Crippen molar-refractivity contribution in [2.24, 2.45) is 5.92 Å². The molecular formula is C21H28N2O4S. The van der Waals surface area contributed by atoms with Gasteiger partial charge < -0.3 is 10.1 Å². The summed E-state index contributed by atoms with van der Waals surface area (Å²) in [5.74, 6) is 0.389. The standard InChI is InChI=1S/C21H28N2O4S/c1-15(2)17(4)22-21(24)14-23(18-7-6-8-19(13-18)27-5)28(25,26)20-11-9-16(3)10-12-20/h6-13,15,17H,14H2,1-5H3,(H,22,24). The minimum atomic E-state index is -3.93. The number of hydrogen-bond donors (Lipinski definition) is 1. The fraction of sp³-hybridized carbons (Fsp3) is 0.381. The van der Waals surface area contributed by atoms with Crippen LogP contribution in [0.4, 0.5) is 5.69 Å². The molecule has 152 valence electrons. The maximum atomic E-state index is 13.3. The van der Waals surface area contributed by atoms with E-state index in [1.165, 1.54) is 7.11 Å². The summed E-state index contributed by atoms with van der Waals surface area (Å²) in [7, 11) is -2.42. The fourth-order valence-corrected chi connectivity index (χ4v) is 3.93. The molecule has 7 heteroatoms. The molecule has 1 amide bonds. The zero-order valence-corrected chi connectivity index (χ0v) is 17.8. The van der Waals surface area contributed by atoms with Crippen LogP contribution in [0.15, 0.2) is 53.4 Å². The molecule has 0 aromatic heterocycles. The van der Waals surface area contributed by atoms with E-state index in [2.05, 4.69) is 5.32 Å². The SMILES string of the molecule is COc1cccc(N(CC(=O)NC(C)C(C)C)S(=O)(=O)c2ccc(C)cc2)c1. The number of aryl methyl sites for hydroxylation is 1. The summed E-state index contributed by atoms with van der Waals surface area (Å²) in [6.07, 6.45) is 0. The molecule has 0 bridgehead atoms. The molecule has 0 heterocycles. The Balaban J connectivity index is 2.43. The van der Waals surface area contributed by atoms with Gasteiger partial charge in [0.25, 0.3) is 10.0 Å². The normalized spacial score (nSPS) is 12.5. The predicted octanol–water partition coefficient (Wildman–Crippen LogP) is 3.36. The van der Waals surface area contributed by atoms with E-state index in [9.17, 15) is 13.2 Å². The van der Waals surface area contributed by atoms with Gasteiger partial charge in [0.2, 0.25) is 5.91 Å². The molecule has 0 fully saturated rings. The Morgan fingerprint density at radius 1 is 1.11 bits per heavy atom. The number of sulfonamides is 1. The van der Waals surface area contributed by atoms with Gasteiger partial charge in [0, 0.05) is 12.1 Å². The van der Waals surface area contributed by atoms with Crippen LogP contribution in [0, 0.1) is 12.8 Å². The number of rotatable bonds is 8. The van der Waals surface area contributed by atoms with Crippen molar-refractivity contribution >= 4 is 21.6 Å². The minimum Gasteiger partial charge on any atom is -0.497 e. The lowest BCUT2D eigenvalue weighted by atomic mass is 10.1. The van der Waals surface area contributed by atoms with Crippen LogP contribution in [0.25, 0.3) is 0 Å². The van der Waals surface area contributed by atoms with Crippen molar-refractivity contribution in [3.8, 4) is 5.75 Å². The van der Waals surface area contributed by atoms with E-state index in [1.807, 2.05) is 27.7 Å². The van der Waals surface area contributed by atoms with E-state index in [4.69, 9.17) is 4.74 Å². The minimum absolute atomic E-state index is 0.0678. The lowest BCUT2D eigenvalue weighted by Crippen LogP contribution is -2.45. The number of carbonyl (C=O) groups excluding carboxylic acids is 1. The summed E-state index contributed by atoms with van der Waals surface area (Å²) >= 11 is 0. The van der Waals surface area contributed by atoms with Crippen LogP contribution in [-0.2, 0) is 14.8 Å². The van der Waals surface area contributed by atoms with Crippen molar-refractivity contribution in [2.75, 3.05) is 18.0 Å². The highest BCUT2D eigenvalue weighted by Crippen LogP contribution is 2.27. The summed E-state index contributed by atoms with van der Waals surface area (Å²) in [5, 5.41) is 2.86. The van der Waals surface area contributed by atoms with Gasteiger partial charge in [0.15, 0.2) is 0 Å². The second-order valence-corrected chi connectivity index (χ2v) is 8.99. The summed E-state index contributed by atoms with van der Waals surface area (Å²) in [5.41, 5.74) is 1.32. The van der Waals surface area contributed by atoms with Crippen LogP contribution >= 0.6 is 0 Å². The third-order valence-electron chi connectivity index (χ3n) is 4.63. The summed E-state index contributed by atoms with van der Waals surface area (Å²) in [4.78, 5) is 12.7. The van der Waals surface area contributed by atoms with Crippen LogP contribution in [0.3, 0.4) is 0 Å². The lowest BCUT2D eigenvalue weighted by molar-refractivity contribution is -0.120. The molecule has 6 nitrogen and oxygen atoms in total. The Hall–Kier alpha value is -2.54. The van der Waals surface area contributed by atoms with Crippen molar-refractivity contribution in [3.63, 3.8) is 0 Å². The van der Waals surface area contributed by atoms with Crippen molar-refractivity contribution in [1.82, 2.24) is 5.32 Å². The second-order valence-electron chi connectivity index (χ2n) is 7.13. The fourth-order valence-electron chi connectivity index (χ4n) is 2.51. The lowest BCUT2D eigenvalue weighted by Gasteiger charge is -2.26. The van der Waals surface area contributed by atoms with Gasteiger partial charge in [-0.3, -0.25) is 9.10 Å². The van der Waals surface area contributed by atoms with E-state index < -0.39 is 10.0 Å². The first-order valence-electron chi connectivity index (χ1n) is 9.18. The number of benzene rings is 2. The van der Waals surface area contributed by atoms with Crippen LogP contribution in [-0.4, -0.2) is 34.0 Å². The summed E-state index contributed by atoms with van der Waals surface area (Å²) in [6, 6.07) is 13.2. The first-order valence-corrected chi connectivity index (χ1v) is 10.6. The van der Waals surface area contributed by atoms with Gasteiger partial charge in [0.1, 0.15) is 12.3 Å². The highest BCUT2D eigenvalue weighted by atomic mass is 32.2. The third kappa shape index (κ3) is 5.25. The number of ether oxygens (including phenoxy) is 1. The monoisotopic (exact) mass is 404 g/mol. The molecule has 1 atom stereocenters. The first-order chi connectivity index (χ1) is 13.1. The number of nitrogens with zero attached hydrogens (tertiary/aromatic N) is 1. The Bertz CT molecular complexity index is 908. The van der Waals surface area contributed by atoms with Crippen molar-refractivity contribution in [1.29, 1.82) is 0 Å². The third-order valence-corrected chi connectivity index (χ3v) is 6.41. The topological polar surface area (TPSA) is 75.7 Å². The Morgan fingerprint density at radius 2 is 1.75 bits per heavy atom. The van der Waals surface area contributed by atoms with Crippen molar-refractivity contribution in [2.45, 2.75) is 38.6 Å². The molecule has 0 aliphatic heterocycles. The number of carbonyl (C=O) groups is 1. The molecule has 0 saturated heterocycles. The Morgan fingerprint density at radius 3 is 2.32 bits per heavy atom. The molecule has 0 radical (unpaired) electrons. The molecule has 0 spiro atoms. The quantitative estimate of drug-likeness (QED) is 0.732. The average molecular weight is 405 g/mol. The molecule has 2 aromatic carbocycles. The summed E-state index contributed by atoms with van der Waals surface area (Å²) < 4.78 is 32.9. The maximum absolute atomic E-state index is 13.3. The number of methoxy groups -OCH3 is 1. The molecular weight excluding hydrogens is 376 g/mol. The molecule has 1 N–H and O–H groups in total. The van der Waals surface area contributed by atoms with E-state index in [0.717, 1.165) is 9.87 Å². The van der Waals surface area contributed by atoms with E-state index in [-0.39, 0.29) is 29.3 Å². The largest absolute Gasteiger partial charge is 0.497 e. The van der Waals surface area contributed by atoms with Gasteiger partial charge in [-0.1, -0.05) is 37.6 Å². The van der Waals surface area contributed by atoms with Gasteiger partial charge in [0.05, 0.1) is 17.7 Å². The number of anilines is 1. The van der Waals surface area contributed by atoms with Crippen molar-refractivity contribution < 1.29 is 17.9 Å². The highest BCUT2D eigenvalue weighted by molar-refractivity contribution is 7.92. The Labute approximate surface area is 167 Å². The Kier molecular flexibility index (Phi) is 7.07. The van der Waals surface area contributed by atoms with Gasteiger partial charge in [-0.25, -0.2) is 8.42 Å². The van der Waals surface area contributed by atoms with Crippen LogP contribution in [0.1, 0.15) is 26.3 Å². The molecule has 1 unspecified atom stereocenters. The van der Waals surface area contributed by atoms with Crippen molar-refractivity contribution in [3.05, 3.63) is 54.1 Å². The second kappa shape index (κ2) is 9.10. The van der Waals surface area contributed by atoms with E-state index in [0.29, 0.717) is 11.4 Å².